The van der Waals surface area contributed by atoms with Crippen LogP contribution in [0.3, 0.4) is 0 Å². The standard InChI is InChI=1S/C17H24N4O5S/c1-27(25,26)14-2-3-15(16(12-14)21(23)24)19-8-10-20(11-9-19)17(22)13-4-6-18-7-5-13/h2-3,12-13,18H,4-11H2,1H3. The molecule has 0 bridgehead atoms. The molecule has 0 saturated carbocycles. The minimum Gasteiger partial charge on any atom is -0.362 e. The number of amides is 1. The molecule has 2 saturated heterocycles. The molecule has 0 unspecified atom stereocenters. The number of benzene rings is 1. The summed E-state index contributed by atoms with van der Waals surface area (Å²) in [4.78, 5) is 27.1. The molecule has 0 aliphatic carbocycles. The molecule has 1 aromatic rings. The lowest BCUT2D eigenvalue weighted by Gasteiger charge is -2.38. The van der Waals surface area contributed by atoms with E-state index in [4.69, 9.17) is 0 Å². The monoisotopic (exact) mass is 396 g/mol. The van der Waals surface area contributed by atoms with Crippen LogP contribution < -0.4 is 10.2 Å². The predicted octanol–water partition coefficient (Wildman–Crippen LogP) is 0.647. The summed E-state index contributed by atoms with van der Waals surface area (Å²) in [6.45, 7) is 3.69. The van der Waals surface area contributed by atoms with Gasteiger partial charge in [0.05, 0.1) is 9.82 Å². The number of nitro groups is 1. The molecule has 10 heteroatoms. The van der Waals surface area contributed by atoms with Crippen molar-refractivity contribution in [3.63, 3.8) is 0 Å². The molecule has 2 aliphatic rings. The van der Waals surface area contributed by atoms with Crippen molar-refractivity contribution in [1.29, 1.82) is 0 Å². The maximum atomic E-state index is 12.6. The molecule has 2 aliphatic heterocycles. The smallest absolute Gasteiger partial charge is 0.293 e. The number of hydrogen-bond donors (Lipinski definition) is 1. The van der Waals surface area contributed by atoms with Crippen molar-refractivity contribution >= 4 is 27.1 Å². The van der Waals surface area contributed by atoms with Crippen LogP contribution in [0.15, 0.2) is 23.1 Å². The van der Waals surface area contributed by atoms with Crippen LogP contribution in [0.1, 0.15) is 12.8 Å². The van der Waals surface area contributed by atoms with E-state index in [0.29, 0.717) is 31.9 Å². The molecule has 1 N–H and O–H groups in total. The van der Waals surface area contributed by atoms with Gasteiger partial charge >= 0.3 is 0 Å². The second kappa shape index (κ2) is 7.81. The summed E-state index contributed by atoms with van der Waals surface area (Å²) in [6.07, 6.45) is 2.71. The van der Waals surface area contributed by atoms with Gasteiger partial charge in [-0.25, -0.2) is 8.42 Å². The fourth-order valence-electron chi connectivity index (χ4n) is 3.64. The highest BCUT2D eigenvalue weighted by atomic mass is 32.2. The molecule has 1 aromatic carbocycles. The summed E-state index contributed by atoms with van der Waals surface area (Å²) in [6, 6.07) is 3.99. The third-order valence-corrected chi connectivity index (χ3v) is 6.30. The van der Waals surface area contributed by atoms with E-state index in [1.165, 1.54) is 12.1 Å². The van der Waals surface area contributed by atoms with Crippen LogP contribution in [-0.4, -0.2) is 69.7 Å². The first kappa shape index (κ1) is 19.6. The number of piperidine rings is 1. The zero-order valence-corrected chi connectivity index (χ0v) is 16.1. The van der Waals surface area contributed by atoms with Gasteiger partial charge in [0.2, 0.25) is 5.91 Å². The number of rotatable bonds is 4. The summed E-state index contributed by atoms with van der Waals surface area (Å²) in [5.41, 5.74) is 0.164. The van der Waals surface area contributed by atoms with Gasteiger partial charge < -0.3 is 15.1 Å². The molecule has 1 amide bonds. The van der Waals surface area contributed by atoms with Gasteiger partial charge in [-0.1, -0.05) is 0 Å². The van der Waals surface area contributed by atoms with Crippen LogP contribution in [0.2, 0.25) is 0 Å². The van der Waals surface area contributed by atoms with Gasteiger partial charge in [0.25, 0.3) is 5.69 Å². The van der Waals surface area contributed by atoms with Gasteiger partial charge in [-0.05, 0) is 38.1 Å². The number of anilines is 1. The van der Waals surface area contributed by atoms with E-state index < -0.39 is 14.8 Å². The first-order valence-electron chi connectivity index (χ1n) is 9.00. The van der Waals surface area contributed by atoms with Crippen molar-refractivity contribution in [2.45, 2.75) is 17.7 Å². The number of nitrogens with one attached hydrogen (secondary N) is 1. The van der Waals surface area contributed by atoms with E-state index in [0.717, 1.165) is 38.3 Å². The topological polar surface area (TPSA) is 113 Å². The Balaban J connectivity index is 1.72. The Kier molecular flexibility index (Phi) is 5.66. The van der Waals surface area contributed by atoms with E-state index in [9.17, 15) is 23.3 Å². The summed E-state index contributed by atoms with van der Waals surface area (Å²) >= 11 is 0. The van der Waals surface area contributed by atoms with Crippen LogP contribution in [0.5, 0.6) is 0 Å². The van der Waals surface area contributed by atoms with E-state index in [1.807, 2.05) is 9.80 Å². The van der Waals surface area contributed by atoms with E-state index in [1.54, 1.807) is 0 Å². The van der Waals surface area contributed by atoms with Crippen molar-refractivity contribution in [3.8, 4) is 0 Å². The van der Waals surface area contributed by atoms with Gasteiger partial charge in [-0.2, -0.15) is 0 Å². The zero-order valence-electron chi connectivity index (χ0n) is 15.3. The molecule has 2 heterocycles. The van der Waals surface area contributed by atoms with E-state index in [-0.39, 0.29) is 22.4 Å². The third-order valence-electron chi connectivity index (χ3n) is 5.19. The number of nitro benzene ring substituents is 1. The molecule has 27 heavy (non-hydrogen) atoms. The fourth-order valence-corrected chi connectivity index (χ4v) is 4.28. The van der Waals surface area contributed by atoms with Gasteiger partial charge in [0, 0.05) is 44.4 Å². The molecule has 9 nitrogen and oxygen atoms in total. The Hall–Kier alpha value is -2.20. The van der Waals surface area contributed by atoms with Crippen LogP contribution in [0.4, 0.5) is 11.4 Å². The predicted molar refractivity (Wildman–Crippen MR) is 101 cm³/mol. The average Bonchev–Trinajstić information content (AvgIpc) is 2.67. The molecule has 148 valence electrons. The van der Waals surface area contributed by atoms with Gasteiger partial charge in [-0.15, -0.1) is 0 Å². The second-order valence-electron chi connectivity index (χ2n) is 7.02. The van der Waals surface area contributed by atoms with E-state index >= 15 is 0 Å². The molecule has 0 aromatic heterocycles. The Morgan fingerprint density at radius 1 is 1.19 bits per heavy atom. The van der Waals surface area contributed by atoms with Crippen molar-refractivity contribution in [3.05, 3.63) is 28.3 Å². The highest BCUT2D eigenvalue weighted by Crippen LogP contribution is 2.31. The highest BCUT2D eigenvalue weighted by Gasteiger charge is 2.30. The Bertz CT molecular complexity index is 828. The van der Waals surface area contributed by atoms with Crippen molar-refractivity contribution in [2.24, 2.45) is 5.92 Å². The Morgan fingerprint density at radius 3 is 2.37 bits per heavy atom. The van der Waals surface area contributed by atoms with Crippen molar-refractivity contribution in [1.82, 2.24) is 10.2 Å². The zero-order chi connectivity index (χ0) is 19.6. The summed E-state index contributed by atoms with van der Waals surface area (Å²) in [7, 11) is -3.52. The number of nitrogens with zero attached hydrogens (tertiary/aromatic N) is 3. The largest absolute Gasteiger partial charge is 0.362 e. The third kappa shape index (κ3) is 4.38. The summed E-state index contributed by atoms with van der Waals surface area (Å²) < 4.78 is 23.4. The van der Waals surface area contributed by atoms with Gasteiger partial charge in [0.1, 0.15) is 5.69 Å². The highest BCUT2D eigenvalue weighted by molar-refractivity contribution is 7.90. The molecule has 2 fully saturated rings. The maximum Gasteiger partial charge on any atom is 0.293 e. The minimum atomic E-state index is -3.52. The molecular weight excluding hydrogens is 372 g/mol. The van der Waals surface area contributed by atoms with Crippen molar-refractivity contribution < 1.29 is 18.1 Å². The molecule has 0 atom stereocenters. The SMILES string of the molecule is CS(=O)(=O)c1ccc(N2CCN(C(=O)C3CCNCC3)CC2)c([N+](=O)[O-])c1. The second-order valence-corrected chi connectivity index (χ2v) is 9.03. The summed E-state index contributed by atoms with van der Waals surface area (Å²) in [5, 5.41) is 14.7. The molecular formula is C17H24N4O5S. The van der Waals surface area contributed by atoms with Crippen LogP contribution in [-0.2, 0) is 14.6 Å². The first-order valence-corrected chi connectivity index (χ1v) is 10.9. The number of carbonyl (C=O) groups excluding carboxylic acids is 1. The fraction of sp³-hybridized carbons (Fsp3) is 0.588. The lowest BCUT2D eigenvalue weighted by molar-refractivity contribution is -0.384. The molecule has 3 rings (SSSR count). The Labute approximate surface area is 158 Å². The number of hydrogen-bond acceptors (Lipinski definition) is 7. The minimum absolute atomic E-state index is 0.0566. The molecule has 0 spiro atoms. The van der Waals surface area contributed by atoms with E-state index in [2.05, 4.69) is 5.32 Å². The van der Waals surface area contributed by atoms with Crippen molar-refractivity contribution in [2.75, 3.05) is 50.4 Å². The molecule has 0 radical (unpaired) electrons. The Morgan fingerprint density at radius 2 is 1.81 bits per heavy atom. The number of sulfone groups is 1. The normalized spacial score (nSPS) is 19.1. The van der Waals surface area contributed by atoms with Gasteiger partial charge in [0.15, 0.2) is 9.84 Å². The quantitative estimate of drug-likeness (QED) is 0.587. The van der Waals surface area contributed by atoms with Crippen LogP contribution in [0.25, 0.3) is 0 Å². The number of piperazine rings is 1. The van der Waals surface area contributed by atoms with Crippen LogP contribution in [0, 0.1) is 16.0 Å². The maximum absolute atomic E-state index is 12.6. The lowest BCUT2D eigenvalue weighted by atomic mass is 9.96. The first-order chi connectivity index (χ1) is 12.8. The number of carbonyl (C=O) groups is 1. The lowest BCUT2D eigenvalue weighted by Crippen LogP contribution is -2.51. The summed E-state index contributed by atoms with van der Waals surface area (Å²) in [5.74, 6) is 0.222. The van der Waals surface area contributed by atoms with Gasteiger partial charge in [-0.3, -0.25) is 14.9 Å². The van der Waals surface area contributed by atoms with Crippen LogP contribution >= 0.6 is 0 Å². The average molecular weight is 396 g/mol.